The van der Waals surface area contributed by atoms with Gasteiger partial charge in [-0.25, -0.2) is 0 Å². The van der Waals surface area contributed by atoms with Gasteiger partial charge in [-0.2, -0.15) is 5.10 Å². The first-order valence-corrected chi connectivity index (χ1v) is 5.68. The summed E-state index contributed by atoms with van der Waals surface area (Å²) in [7, 11) is 0. The minimum Gasteiger partial charge on any atom is -0.484 e. The summed E-state index contributed by atoms with van der Waals surface area (Å²) in [5.41, 5.74) is 8.64. The lowest BCUT2D eigenvalue weighted by Crippen LogP contribution is -2.09. The van der Waals surface area contributed by atoms with Gasteiger partial charge in [0.15, 0.2) is 0 Å². The van der Waals surface area contributed by atoms with Crippen LogP contribution in [0.15, 0.2) is 30.3 Å². The zero-order valence-corrected chi connectivity index (χ0v) is 10.1. The van der Waals surface area contributed by atoms with Crippen molar-refractivity contribution >= 4 is 0 Å². The van der Waals surface area contributed by atoms with E-state index in [9.17, 15) is 0 Å². The molecule has 1 heterocycles. The summed E-state index contributed by atoms with van der Waals surface area (Å²) in [6, 6.07) is 9.71. The molecular formula is C13H17N3O. The molecule has 0 saturated heterocycles. The van der Waals surface area contributed by atoms with E-state index in [2.05, 4.69) is 10.2 Å². The maximum atomic E-state index is 5.82. The number of para-hydroxylation sites is 1. The number of aromatic amines is 1. The van der Waals surface area contributed by atoms with Gasteiger partial charge in [-0.15, -0.1) is 0 Å². The second kappa shape index (κ2) is 5.01. The second-order valence-electron chi connectivity index (χ2n) is 3.99. The van der Waals surface area contributed by atoms with Crippen molar-refractivity contribution in [3.63, 3.8) is 0 Å². The minimum atomic E-state index is -0.110. The smallest absolute Gasteiger partial charge is 0.140 e. The molecule has 90 valence electrons. The first-order valence-electron chi connectivity index (χ1n) is 5.68. The molecule has 0 amide bonds. The third-order valence-corrected chi connectivity index (χ3v) is 2.75. The first-order chi connectivity index (χ1) is 8.22. The molecule has 1 unspecified atom stereocenters. The number of nitrogens with one attached hydrogen (secondary N) is 1. The van der Waals surface area contributed by atoms with Gasteiger partial charge >= 0.3 is 0 Å². The highest BCUT2D eigenvalue weighted by Crippen LogP contribution is 2.23. The van der Waals surface area contributed by atoms with Crippen LogP contribution in [0.1, 0.15) is 30.0 Å². The molecule has 1 atom stereocenters. The average Bonchev–Trinajstić information content (AvgIpc) is 2.71. The highest BCUT2D eigenvalue weighted by molar-refractivity contribution is 5.28. The van der Waals surface area contributed by atoms with Crippen molar-refractivity contribution in [3.8, 4) is 5.75 Å². The zero-order valence-electron chi connectivity index (χ0n) is 10.1. The summed E-state index contributed by atoms with van der Waals surface area (Å²) in [6.45, 7) is 4.41. The first kappa shape index (κ1) is 11.7. The Bertz CT molecular complexity index is 479. The number of aromatic nitrogens is 2. The van der Waals surface area contributed by atoms with Crippen LogP contribution in [-0.4, -0.2) is 10.2 Å². The van der Waals surface area contributed by atoms with Gasteiger partial charge in [-0.3, -0.25) is 5.10 Å². The number of rotatable bonds is 4. The maximum absolute atomic E-state index is 5.82. The van der Waals surface area contributed by atoms with E-state index < -0.39 is 0 Å². The molecule has 0 fully saturated rings. The van der Waals surface area contributed by atoms with E-state index in [4.69, 9.17) is 10.5 Å². The standard InChI is InChI=1S/C13H17N3O/c1-9-12(8-14)13(16-15-9)10(2)17-11-6-4-3-5-7-11/h3-7,10H,8,14H2,1-2H3,(H,15,16). The monoisotopic (exact) mass is 231 g/mol. The van der Waals surface area contributed by atoms with Crippen LogP contribution >= 0.6 is 0 Å². The summed E-state index contributed by atoms with van der Waals surface area (Å²) in [5, 5.41) is 7.20. The lowest BCUT2D eigenvalue weighted by Gasteiger charge is -2.13. The van der Waals surface area contributed by atoms with E-state index in [1.165, 1.54) is 0 Å². The van der Waals surface area contributed by atoms with Crippen molar-refractivity contribution < 1.29 is 4.74 Å². The molecule has 0 aliphatic heterocycles. The molecule has 2 aromatic rings. The Morgan fingerprint density at radius 3 is 2.71 bits per heavy atom. The minimum absolute atomic E-state index is 0.110. The predicted octanol–water partition coefficient (Wildman–Crippen LogP) is 2.32. The molecule has 0 radical (unpaired) electrons. The SMILES string of the molecule is Cc1[nH]nc(C(C)Oc2ccccc2)c1CN. The van der Waals surface area contributed by atoms with Gasteiger partial charge < -0.3 is 10.5 Å². The van der Waals surface area contributed by atoms with E-state index in [1.807, 2.05) is 44.2 Å². The summed E-state index contributed by atoms with van der Waals surface area (Å²) >= 11 is 0. The van der Waals surface area contributed by atoms with Crippen molar-refractivity contribution in [1.29, 1.82) is 0 Å². The fourth-order valence-electron chi connectivity index (χ4n) is 1.82. The number of ether oxygens (including phenoxy) is 1. The van der Waals surface area contributed by atoms with Crippen LogP contribution in [-0.2, 0) is 6.54 Å². The molecule has 1 aromatic heterocycles. The number of hydrogen-bond acceptors (Lipinski definition) is 3. The van der Waals surface area contributed by atoms with E-state index in [-0.39, 0.29) is 6.10 Å². The van der Waals surface area contributed by atoms with Crippen LogP contribution in [0.3, 0.4) is 0 Å². The lowest BCUT2D eigenvalue weighted by molar-refractivity contribution is 0.220. The molecule has 0 aliphatic carbocycles. The maximum Gasteiger partial charge on any atom is 0.140 e. The van der Waals surface area contributed by atoms with Gasteiger partial charge in [-0.1, -0.05) is 18.2 Å². The Hall–Kier alpha value is -1.81. The summed E-state index contributed by atoms with van der Waals surface area (Å²) < 4.78 is 5.82. The second-order valence-corrected chi connectivity index (χ2v) is 3.99. The molecule has 0 spiro atoms. The molecule has 17 heavy (non-hydrogen) atoms. The molecule has 1 aromatic carbocycles. The van der Waals surface area contributed by atoms with Gasteiger partial charge in [0.1, 0.15) is 17.5 Å². The van der Waals surface area contributed by atoms with Crippen LogP contribution < -0.4 is 10.5 Å². The Balaban J connectivity index is 2.17. The Morgan fingerprint density at radius 1 is 1.35 bits per heavy atom. The van der Waals surface area contributed by atoms with E-state index in [1.54, 1.807) is 0 Å². The number of nitrogens with zero attached hydrogens (tertiary/aromatic N) is 1. The number of benzene rings is 1. The van der Waals surface area contributed by atoms with Crippen LogP contribution in [0, 0.1) is 6.92 Å². The molecule has 0 bridgehead atoms. The summed E-state index contributed by atoms with van der Waals surface area (Å²) in [6.07, 6.45) is -0.110. The Kier molecular flexibility index (Phi) is 3.44. The van der Waals surface area contributed by atoms with Crippen LogP contribution in [0.5, 0.6) is 5.75 Å². The van der Waals surface area contributed by atoms with Crippen molar-refractivity contribution in [3.05, 3.63) is 47.3 Å². The third kappa shape index (κ3) is 2.47. The largest absolute Gasteiger partial charge is 0.484 e. The van der Waals surface area contributed by atoms with Gasteiger partial charge in [-0.05, 0) is 26.0 Å². The Labute approximate surface area is 101 Å². The van der Waals surface area contributed by atoms with Crippen molar-refractivity contribution in [2.45, 2.75) is 26.5 Å². The average molecular weight is 231 g/mol. The predicted molar refractivity (Wildman–Crippen MR) is 66.7 cm³/mol. The van der Waals surface area contributed by atoms with E-state index >= 15 is 0 Å². The van der Waals surface area contributed by atoms with Crippen LogP contribution in [0.2, 0.25) is 0 Å². The third-order valence-electron chi connectivity index (χ3n) is 2.75. The van der Waals surface area contributed by atoms with Crippen molar-refractivity contribution in [2.24, 2.45) is 5.73 Å². The highest BCUT2D eigenvalue weighted by atomic mass is 16.5. The fourth-order valence-corrected chi connectivity index (χ4v) is 1.82. The summed E-state index contributed by atoms with van der Waals surface area (Å²) in [4.78, 5) is 0. The molecule has 0 saturated carbocycles. The highest BCUT2D eigenvalue weighted by Gasteiger charge is 2.16. The molecule has 4 nitrogen and oxygen atoms in total. The molecule has 4 heteroatoms. The van der Waals surface area contributed by atoms with Gasteiger partial charge in [0.2, 0.25) is 0 Å². The number of nitrogens with two attached hydrogens (primary N) is 1. The topological polar surface area (TPSA) is 63.9 Å². The van der Waals surface area contributed by atoms with E-state index in [0.717, 1.165) is 22.7 Å². The number of aryl methyl sites for hydroxylation is 1. The normalized spacial score (nSPS) is 12.4. The van der Waals surface area contributed by atoms with Gasteiger partial charge in [0.25, 0.3) is 0 Å². The zero-order chi connectivity index (χ0) is 12.3. The van der Waals surface area contributed by atoms with Gasteiger partial charge in [0.05, 0.1) is 0 Å². The van der Waals surface area contributed by atoms with Crippen molar-refractivity contribution in [1.82, 2.24) is 10.2 Å². The number of H-pyrrole nitrogens is 1. The van der Waals surface area contributed by atoms with E-state index in [0.29, 0.717) is 6.54 Å². The quantitative estimate of drug-likeness (QED) is 0.848. The molecule has 3 N–H and O–H groups in total. The van der Waals surface area contributed by atoms with Gasteiger partial charge in [0, 0.05) is 17.8 Å². The number of hydrogen-bond donors (Lipinski definition) is 2. The fraction of sp³-hybridized carbons (Fsp3) is 0.308. The Morgan fingerprint density at radius 2 is 2.06 bits per heavy atom. The van der Waals surface area contributed by atoms with Crippen LogP contribution in [0.4, 0.5) is 0 Å². The van der Waals surface area contributed by atoms with Crippen LogP contribution in [0.25, 0.3) is 0 Å². The van der Waals surface area contributed by atoms with Crippen molar-refractivity contribution in [2.75, 3.05) is 0 Å². The molecular weight excluding hydrogens is 214 g/mol. The molecule has 0 aliphatic rings. The molecule has 2 rings (SSSR count). The lowest BCUT2D eigenvalue weighted by atomic mass is 10.1. The summed E-state index contributed by atoms with van der Waals surface area (Å²) in [5.74, 6) is 0.837.